The number of aliphatic hydroxyl groups excluding tert-OH is 1. The molecule has 0 aliphatic heterocycles. The Hall–Kier alpha value is -0.290. The van der Waals surface area contributed by atoms with Crippen molar-refractivity contribution in [2.24, 2.45) is 5.73 Å². The highest BCUT2D eigenvalue weighted by Crippen LogP contribution is 2.35. The summed E-state index contributed by atoms with van der Waals surface area (Å²) in [5, 5.41) is 12.1. The summed E-state index contributed by atoms with van der Waals surface area (Å²) in [6.07, 6.45) is -0.763. The van der Waals surface area contributed by atoms with Gasteiger partial charge in [-0.3, -0.25) is 0 Å². The molecular formula is C15H13BrCl3NO. The zero-order chi connectivity index (χ0) is 15.6. The maximum atomic E-state index is 10.6. The van der Waals surface area contributed by atoms with Crippen LogP contribution in [-0.4, -0.2) is 11.7 Å². The fourth-order valence-corrected chi connectivity index (χ4v) is 2.94. The molecule has 0 saturated heterocycles. The van der Waals surface area contributed by atoms with Crippen LogP contribution in [0.4, 0.5) is 0 Å². The van der Waals surface area contributed by atoms with Gasteiger partial charge in [0.2, 0.25) is 0 Å². The molecule has 0 heterocycles. The number of hydrogen-bond acceptors (Lipinski definition) is 2. The molecule has 0 aromatic heterocycles. The molecule has 2 aromatic rings. The number of rotatable bonds is 4. The molecule has 0 spiro atoms. The molecule has 112 valence electrons. The molecule has 21 heavy (non-hydrogen) atoms. The summed E-state index contributed by atoms with van der Waals surface area (Å²) in [6, 6.07) is 10.5. The van der Waals surface area contributed by atoms with E-state index in [1.165, 1.54) is 0 Å². The van der Waals surface area contributed by atoms with Crippen LogP contribution in [0.2, 0.25) is 15.1 Å². The Bertz CT molecular complexity index is 651. The Labute approximate surface area is 146 Å². The third-order valence-corrected chi connectivity index (χ3v) is 5.25. The van der Waals surface area contributed by atoms with Gasteiger partial charge in [-0.25, -0.2) is 0 Å². The molecule has 2 nitrogen and oxygen atoms in total. The molecule has 0 radical (unpaired) electrons. The van der Waals surface area contributed by atoms with Crippen molar-refractivity contribution in [3.8, 4) is 0 Å². The van der Waals surface area contributed by atoms with Gasteiger partial charge >= 0.3 is 0 Å². The summed E-state index contributed by atoms with van der Waals surface area (Å²) in [6.45, 7) is 0.277. The van der Waals surface area contributed by atoms with Gasteiger partial charge in [-0.15, -0.1) is 0 Å². The van der Waals surface area contributed by atoms with E-state index in [1.807, 2.05) is 6.07 Å². The van der Waals surface area contributed by atoms with Gasteiger partial charge in [0.15, 0.2) is 0 Å². The first-order valence-electron chi connectivity index (χ1n) is 6.22. The van der Waals surface area contributed by atoms with E-state index in [1.54, 1.807) is 30.3 Å². The normalized spacial score (nSPS) is 14.0. The van der Waals surface area contributed by atoms with Crippen molar-refractivity contribution in [2.75, 3.05) is 6.54 Å². The third kappa shape index (κ3) is 3.92. The van der Waals surface area contributed by atoms with Crippen molar-refractivity contribution in [3.05, 3.63) is 67.1 Å². The van der Waals surface area contributed by atoms with Gasteiger partial charge in [0.1, 0.15) is 0 Å². The second-order valence-electron chi connectivity index (χ2n) is 4.63. The number of halogens is 4. The molecule has 2 aromatic carbocycles. The molecule has 0 fully saturated rings. The monoisotopic (exact) mass is 407 g/mol. The van der Waals surface area contributed by atoms with Crippen LogP contribution < -0.4 is 5.73 Å². The standard InChI is InChI=1S/C15H13BrCl3NO/c16-11-5-9(2-3-12(11)17)15(21)10(7-20)8-1-4-13(18)14(19)6-8/h1-6,10,15,21H,7,20H2. The van der Waals surface area contributed by atoms with Crippen LogP contribution in [0.5, 0.6) is 0 Å². The second-order valence-corrected chi connectivity index (χ2v) is 6.71. The summed E-state index contributed by atoms with van der Waals surface area (Å²) in [5.74, 6) is -0.284. The summed E-state index contributed by atoms with van der Waals surface area (Å²) in [4.78, 5) is 0. The lowest BCUT2D eigenvalue weighted by molar-refractivity contribution is 0.147. The molecule has 0 saturated carbocycles. The van der Waals surface area contributed by atoms with Crippen molar-refractivity contribution in [2.45, 2.75) is 12.0 Å². The molecule has 3 N–H and O–H groups in total. The molecule has 2 unspecified atom stereocenters. The number of nitrogens with two attached hydrogens (primary N) is 1. The van der Waals surface area contributed by atoms with Gasteiger partial charge in [-0.2, -0.15) is 0 Å². The minimum absolute atomic E-state index is 0.277. The molecular weight excluding hydrogens is 396 g/mol. The predicted molar refractivity (Wildman–Crippen MR) is 92.4 cm³/mol. The van der Waals surface area contributed by atoms with E-state index in [0.29, 0.717) is 15.1 Å². The van der Waals surface area contributed by atoms with Gasteiger partial charge in [0.25, 0.3) is 0 Å². The molecule has 0 aliphatic carbocycles. The first kappa shape index (κ1) is 17.1. The topological polar surface area (TPSA) is 46.2 Å². The Morgan fingerprint density at radius 1 is 0.952 bits per heavy atom. The minimum atomic E-state index is -0.763. The zero-order valence-corrected chi connectivity index (χ0v) is 14.7. The summed E-state index contributed by atoms with van der Waals surface area (Å²) in [5.41, 5.74) is 7.39. The van der Waals surface area contributed by atoms with E-state index in [4.69, 9.17) is 40.5 Å². The first-order valence-corrected chi connectivity index (χ1v) is 8.14. The first-order chi connectivity index (χ1) is 9.93. The largest absolute Gasteiger partial charge is 0.388 e. The smallest absolute Gasteiger partial charge is 0.0871 e. The van der Waals surface area contributed by atoms with E-state index in [-0.39, 0.29) is 12.5 Å². The maximum absolute atomic E-state index is 10.6. The van der Waals surface area contributed by atoms with E-state index in [0.717, 1.165) is 15.6 Å². The maximum Gasteiger partial charge on any atom is 0.0871 e. The van der Waals surface area contributed by atoms with Crippen molar-refractivity contribution in [1.82, 2.24) is 0 Å². The van der Waals surface area contributed by atoms with Gasteiger partial charge in [0, 0.05) is 16.9 Å². The Kier molecular flexibility index (Phi) is 5.95. The molecule has 2 atom stereocenters. The van der Waals surface area contributed by atoms with Gasteiger partial charge in [-0.05, 0) is 51.3 Å². The van der Waals surface area contributed by atoms with Gasteiger partial charge < -0.3 is 10.8 Å². The lowest BCUT2D eigenvalue weighted by Gasteiger charge is -2.23. The second kappa shape index (κ2) is 7.32. The fraction of sp³-hybridized carbons (Fsp3) is 0.200. The van der Waals surface area contributed by atoms with Crippen molar-refractivity contribution < 1.29 is 5.11 Å². The Morgan fingerprint density at radius 3 is 2.14 bits per heavy atom. The fourth-order valence-electron chi connectivity index (χ4n) is 2.12. The predicted octanol–water partition coefficient (Wildman–Crippen LogP) is 5.19. The third-order valence-electron chi connectivity index (χ3n) is 3.29. The average Bonchev–Trinajstić information content (AvgIpc) is 2.46. The summed E-state index contributed by atoms with van der Waals surface area (Å²) >= 11 is 21.3. The van der Waals surface area contributed by atoms with Gasteiger partial charge in [-0.1, -0.05) is 46.9 Å². The van der Waals surface area contributed by atoms with Crippen molar-refractivity contribution in [1.29, 1.82) is 0 Å². The summed E-state index contributed by atoms with van der Waals surface area (Å²) in [7, 11) is 0. The minimum Gasteiger partial charge on any atom is -0.388 e. The molecule has 0 bridgehead atoms. The van der Waals surface area contributed by atoms with Gasteiger partial charge in [0.05, 0.1) is 21.2 Å². The highest BCUT2D eigenvalue weighted by atomic mass is 79.9. The highest BCUT2D eigenvalue weighted by molar-refractivity contribution is 9.10. The molecule has 2 rings (SSSR count). The van der Waals surface area contributed by atoms with E-state index in [9.17, 15) is 5.11 Å². The average molecular weight is 410 g/mol. The van der Waals surface area contributed by atoms with Crippen molar-refractivity contribution in [3.63, 3.8) is 0 Å². The van der Waals surface area contributed by atoms with Crippen molar-refractivity contribution >= 4 is 50.7 Å². The lowest BCUT2D eigenvalue weighted by Crippen LogP contribution is -2.20. The van der Waals surface area contributed by atoms with Crippen LogP contribution in [0, 0.1) is 0 Å². The van der Waals surface area contributed by atoms with Crippen LogP contribution in [0.25, 0.3) is 0 Å². The zero-order valence-electron chi connectivity index (χ0n) is 10.9. The van der Waals surface area contributed by atoms with Crippen LogP contribution in [-0.2, 0) is 0 Å². The molecule has 0 aliphatic rings. The Balaban J connectivity index is 2.35. The van der Waals surface area contributed by atoms with E-state index < -0.39 is 6.10 Å². The van der Waals surface area contributed by atoms with Crippen LogP contribution in [0.3, 0.4) is 0 Å². The Morgan fingerprint density at radius 2 is 1.57 bits per heavy atom. The van der Waals surface area contributed by atoms with Crippen LogP contribution in [0.15, 0.2) is 40.9 Å². The number of aliphatic hydroxyl groups is 1. The van der Waals surface area contributed by atoms with E-state index in [2.05, 4.69) is 15.9 Å². The highest BCUT2D eigenvalue weighted by Gasteiger charge is 2.22. The number of benzene rings is 2. The SMILES string of the molecule is NCC(c1ccc(Cl)c(Cl)c1)C(O)c1ccc(Cl)c(Br)c1. The lowest BCUT2D eigenvalue weighted by atomic mass is 9.89. The van der Waals surface area contributed by atoms with Crippen LogP contribution >= 0.6 is 50.7 Å². The number of hydrogen-bond donors (Lipinski definition) is 2. The summed E-state index contributed by atoms with van der Waals surface area (Å²) < 4.78 is 0.727. The van der Waals surface area contributed by atoms with Crippen LogP contribution in [0.1, 0.15) is 23.1 Å². The molecule has 0 amide bonds. The van der Waals surface area contributed by atoms with E-state index >= 15 is 0 Å². The molecule has 6 heteroatoms. The quantitative estimate of drug-likeness (QED) is 0.730.